The average molecular weight is 893 g/mol. The van der Waals surface area contributed by atoms with E-state index in [1.807, 2.05) is 48.6 Å². The van der Waals surface area contributed by atoms with Crippen molar-refractivity contribution in [2.24, 2.45) is 0 Å². The van der Waals surface area contributed by atoms with Gasteiger partial charge in [0.2, 0.25) is 0 Å². The van der Waals surface area contributed by atoms with Gasteiger partial charge in [-0.2, -0.15) is 0 Å². The second kappa shape index (κ2) is 52.5. The normalized spacial score (nSPS) is 12.6. The van der Waals surface area contributed by atoms with Gasteiger partial charge in [-0.15, -0.1) is 0 Å². The quantitative estimate of drug-likeness (QED) is 0.0199. The molecule has 0 saturated carbocycles. The first-order chi connectivity index (χ1) is 31.5. The molecule has 0 rings (SSSR count). The van der Waals surface area contributed by atoms with E-state index in [4.69, 9.17) is 14.2 Å². The van der Waals surface area contributed by atoms with Crippen molar-refractivity contribution in [1.82, 2.24) is 0 Å². The maximum absolute atomic E-state index is 12.8. The third-order valence-corrected chi connectivity index (χ3v) is 11.6. The third-order valence-electron chi connectivity index (χ3n) is 11.6. The molecule has 0 aliphatic rings. The highest BCUT2D eigenvalue weighted by atomic mass is 16.6. The molecular formula is C58H100O6. The van der Waals surface area contributed by atoms with Crippen LogP contribution in [0, 0.1) is 0 Å². The van der Waals surface area contributed by atoms with Crippen LogP contribution < -0.4 is 0 Å². The summed E-state index contributed by atoms with van der Waals surface area (Å²) in [6.45, 7) is 6.44. The lowest BCUT2D eigenvalue weighted by Gasteiger charge is -2.18. The fourth-order valence-electron chi connectivity index (χ4n) is 7.52. The number of hydrogen-bond donors (Lipinski definition) is 0. The molecule has 0 saturated heterocycles. The summed E-state index contributed by atoms with van der Waals surface area (Å²) in [4.78, 5) is 38.0. The summed E-state index contributed by atoms with van der Waals surface area (Å²) in [5, 5.41) is 0. The Morgan fingerprint density at radius 2 is 0.625 bits per heavy atom. The number of carbonyl (C=O) groups excluding carboxylic acids is 3. The molecule has 368 valence electrons. The number of allylic oxidation sites excluding steroid dienone is 12. The third kappa shape index (κ3) is 49.9. The molecule has 0 aromatic rings. The molecule has 0 spiro atoms. The number of unbranched alkanes of at least 4 members (excludes halogenated alkanes) is 29. The highest BCUT2D eigenvalue weighted by Crippen LogP contribution is 2.16. The molecule has 64 heavy (non-hydrogen) atoms. The van der Waals surface area contributed by atoms with Crippen LogP contribution in [-0.4, -0.2) is 37.2 Å². The Labute approximate surface area is 395 Å². The van der Waals surface area contributed by atoms with E-state index < -0.39 is 6.10 Å². The SMILES string of the molecule is CC\C=C/C=C\C=C/C=C\C=C/CCCCCC(=O)OC(COC(=O)CCCCCCC/C=C\CCCCC)COC(=O)CCCCCCCCCCCCCCCCCCCCC. The highest BCUT2D eigenvalue weighted by molar-refractivity contribution is 5.71. The maximum Gasteiger partial charge on any atom is 0.306 e. The number of hydrogen-bond acceptors (Lipinski definition) is 6. The van der Waals surface area contributed by atoms with Gasteiger partial charge in [-0.1, -0.05) is 248 Å². The van der Waals surface area contributed by atoms with Gasteiger partial charge in [0, 0.05) is 19.3 Å². The Balaban J connectivity index is 4.39. The minimum atomic E-state index is -0.799. The van der Waals surface area contributed by atoms with Crippen molar-refractivity contribution in [3.63, 3.8) is 0 Å². The summed E-state index contributed by atoms with van der Waals surface area (Å²) in [5.41, 5.74) is 0. The van der Waals surface area contributed by atoms with Gasteiger partial charge < -0.3 is 14.2 Å². The zero-order chi connectivity index (χ0) is 46.5. The van der Waals surface area contributed by atoms with Crippen molar-refractivity contribution in [3.8, 4) is 0 Å². The number of esters is 3. The Bertz CT molecular complexity index is 1210. The molecule has 0 bridgehead atoms. The molecule has 1 atom stereocenters. The van der Waals surface area contributed by atoms with Gasteiger partial charge in [-0.3, -0.25) is 14.4 Å². The van der Waals surface area contributed by atoms with E-state index in [1.165, 1.54) is 141 Å². The highest BCUT2D eigenvalue weighted by Gasteiger charge is 2.19. The van der Waals surface area contributed by atoms with Crippen molar-refractivity contribution >= 4 is 17.9 Å². The van der Waals surface area contributed by atoms with Crippen LogP contribution in [0.1, 0.15) is 258 Å². The predicted octanol–water partition coefficient (Wildman–Crippen LogP) is 17.8. The minimum Gasteiger partial charge on any atom is -0.462 e. The summed E-state index contributed by atoms with van der Waals surface area (Å²) in [6, 6.07) is 0. The molecule has 0 fully saturated rings. The molecule has 0 aliphatic heterocycles. The van der Waals surface area contributed by atoms with Crippen LogP contribution >= 0.6 is 0 Å². The topological polar surface area (TPSA) is 78.9 Å². The van der Waals surface area contributed by atoms with Crippen LogP contribution in [0.25, 0.3) is 0 Å². The second-order valence-corrected chi connectivity index (χ2v) is 17.9. The monoisotopic (exact) mass is 893 g/mol. The Hall–Kier alpha value is -3.15. The summed E-state index contributed by atoms with van der Waals surface area (Å²) < 4.78 is 16.8. The summed E-state index contributed by atoms with van der Waals surface area (Å²) in [5.74, 6) is -0.940. The largest absolute Gasteiger partial charge is 0.462 e. The Morgan fingerprint density at radius 3 is 1.05 bits per heavy atom. The van der Waals surface area contributed by atoms with Crippen molar-refractivity contribution in [2.75, 3.05) is 13.2 Å². The molecule has 0 heterocycles. The van der Waals surface area contributed by atoms with Crippen molar-refractivity contribution in [2.45, 2.75) is 264 Å². The van der Waals surface area contributed by atoms with E-state index in [9.17, 15) is 14.4 Å². The minimum absolute atomic E-state index is 0.0935. The van der Waals surface area contributed by atoms with E-state index in [-0.39, 0.29) is 37.5 Å². The molecule has 0 aliphatic carbocycles. The van der Waals surface area contributed by atoms with E-state index in [0.29, 0.717) is 19.3 Å². The summed E-state index contributed by atoms with van der Waals surface area (Å²) in [7, 11) is 0. The Kier molecular flexibility index (Phi) is 49.9. The van der Waals surface area contributed by atoms with Gasteiger partial charge in [0.05, 0.1) is 0 Å². The summed E-state index contributed by atoms with van der Waals surface area (Å²) >= 11 is 0. The van der Waals surface area contributed by atoms with E-state index in [1.54, 1.807) is 0 Å². The van der Waals surface area contributed by atoms with Crippen LogP contribution in [0.3, 0.4) is 0 Å². The molecule has 1 unspecified atom stereocenters. The summed E-state index contributed by atoms with van der Waals surface area (Å²) in [6.07, 6.45) is 66.1. The molecule has 6 nitrogen and oxygen atoms in total. The second-order valence-electron chi connectivity index (χ2n) is 17.9. The molecule has 0 aromatic carbocycles. The fourth-order valence-corrected chi connectivity index (χ4v) is 7.52. The van der Waals surface area contributed by atoms with Crippen molar-refractivity contribution in [1.29, 1.82) is 0 Å². The maximum atomic E-state index is 12.8. The molecule has 0 aromatic heterocycles. The van der Waals surface area contributed by atoms with Gasteiger partial charge in [-0.05, 0) is 64.2 Å². The lowest BCUT2D eigenvalue weighted by molar-refractivity contribution is -0.167. The van der Waals surface area contributed by atoms with Gasteiger partial charge in [0.25, 0.3) is 0 Å². The van der Waals surface area contributed by atoms with Crippen LogP contribution in [0.2, 0.25) is 0 Å². The first-order valence-electron chi connectivity index (χ1n) is 27.0. The molecule has 0 radical (unpaired) electrons. The van der Waals surface area contributed by atoms with Crippen LogP contribution in [-0.2, 0) is 28.6 Å². The van der Waals surface area contributed by atoms with Gasteiger partial charge in [0.1, 0.15) is 13.2 Å². The molecule has 0 N–H and O–H groups in total. The average Bonchev–Trinajstić information content (AvgIpc) is 3.29. The zero-order valence-electron chi connectivity index (χ0n) is 42.0. The number of rotatable bonds is 48. The number of ether oxygens (including phenoxy) is 3. The first kappa shape index (κ1) is 60.9. The Morgan fingerprint density at radius 1 is 0.328 bits per heavy atom. The predicted molar refractivity (Wildman–Crippen MR) is 274 cm³/mol. The first-order valence-corrected chi connectivity index (χ1v) is 27.0. The van der Waals surface area contributed by atoms with E-state index in [2.05, 4.69) is 45.1 Å². The fraction of sp³-hybridized carbons (Fsp3) is 0.741. The zero-order valence-corrected chi connectivity index (χ0v) is 42.0. The van der Waals surface area contributed by atoms with Crippen LogP contribution in [0.4, 0.5) is 0 Å². The molecule has 0 amide bonds. The molecule has 6 heteroatoms. The van der Waals surface area contributed by atoms with Gasteiger partial charge in [-0.25, -0.2) is 0 Å². The van der Waals surface area contributed by atoms with Gasteiger partial charge >= 0.3 is 17.9 Å². The van der Waals surface area contributed by atoms with Gasteiger partial charge in [0.15, 0.2) is 6.10 Å². The number of carbonyl (C=O) groups is 3. The van der Waals surface area contributed by atoms with Crippen molar-refractivity contribution < 1.29 is 28.6 Å². The van der Waals surface area contributed by atoms with E-state index in [0.717, 1.165) is 70.6 Å². The van der Waals surface area contributed by atoms with E-state index >= 15 is 0 Å². The van der Waals surface area contributed by atoms with Crippen molar-refractivity contribution in [3.05, 3.63) is 72.9 Å². The van der Waals surface area contributed by atoms with Crippen LogP contribution in [0.15, 0.2) is 72.9 Å². The van der Waals surface area contributed by atoms with Crippen LogP contribution in [0.5, 0.6) is 0 Å². The lowest BCUT2D eigenvalue weighted by atomic mass is 10.0. The smallest absolute Gasteiger partial charge is 0.306 e. The molecular weight excluding hydrogens is 793 g/mol. The lowest BCUT2D eigenvalue weighted by Crippen LogP contribution is -2.30. The standard InChI is InChI=1S/C58H100O6/c1-4-7-10-13-16-19-22-25-27-28-29-30-32-33-36-39-42-45-48-51-57(60)63-54-55(53-62-56(59)50-47-44-41-38-35-24-21-18-15-12-9-6-3)64-58(61)52-49-46-43-40-37-34-31-26-23-20-17-14-11-8-5-2/h8,11,14,17-18,20-21,23,26,31,34,37,55H,4-7,9-10,12-13,15-16,19,22,24-25,27-30,32-33,35-36,38-54H2,1-3H3/b11-8-,17-14-,21-18-,23-20-,31-26-,37-34-.